The van der Waals surface area contributed by atoms with Crippen molar-refractivity contribution in [2.75, 3.05) is 7.05 Å². The minimum absolute atomic E-state index is 0.0892. The predicted octanol–water partition coefficient (Wildman–Crippen LogP) is 1.62. The summed E-state index contributed by atoms with van der Waals surface area (Å²) >= 11 is 0. The molecule has 1 aliphatic carbocycles. The number of nitrogens with zero attached hydrogens (tertiary/aromatic N) is 1. The first-order chi connectivity index (χ1) is 10.0. The fraction of sp³-hybridized carbons (Fsp3) is 0.875. The average molecular weight is 294 g/mol. The maximum Gasteiger partial charge on any atom is 0.306 e. The molecule has 3 fully saturated rings. The number of carbonyl (C=O) groups excluding carboxylic acids is 1. The van der Waals surface area contributed by atoms with Gasteiger partial charge in [0.1, 0.15) is 0 Å². The van der Waals surface area contributed by atoms with Crippen LogP contribution in [-0.2, 0) is 9.59 Å². The van der Waals surface area contributed by atoms with E-state index in [-0.39, 0.29) is 23.8 Å². The summed E-state index contributed by atoms with van der Waals surface area (Å²) in [6, 6.07) is 1.50. The molecule has 2 N–H and O–H groups in total. The number of hydrogen-bond acceptors (Lipinski definition) is 3. The number of carboxylic acid groups (broad SMARTS) is 1. The van der Waals surface area contributed by atoms with Crippen molar-refractivity contribution in [2.24, 2.45) is 11.8 Å². The summed E-state index contributed by atoms with van der Waals surface area (Å²) in [6.07, 6.45) is 7.77. The van der Waals surface area contributed by atoms with Crippen molar-refractivity contribution < 1.29 is 14.7 Å². The summed E-state index contributed by atoms with van der Waals surface area (Å²) in [6.45, 7) is 0. The molecule has 1 saturated carbocycles. The molecule has 0 aromatic rings. The number of piperidine rings is 2. The molecular weight excluding hydrogens is 268 g/mol. The summed E-state index contributed by atoms with van der Waals surface area (Å²) in [5, 5.41) is 12.2. The van der Waals surface area contributed by atoms with E-state index in [2.05, 4.69) is 17.3 Å². The van der Waals surface area contributed by atoms with Gasteiger partial charge in [-0.3, -0.25) is 9.59 Å². The molecule has 2 unspecified atom stereocenters. The quantitative estimate of drug-likeness (QED) is 0.830. The summed E-state index contributed by atoms with van der Waals surface area (Å²) in [5.74, 6) is -1.08. The van der Waals surface area contributed by atoms with Crippen LogP contribution in [0.15, 0.2) is 0 Å². The van der Waals surface area contributed by atoms with Crippen molar-refractivity contribution in [3.8, 4) is 0 Å². The number of rotatable bonds is 3. The molecule has 5 heteroatoms. The van der Waals surface area contributed by atoms with Gasteiger partial charge in [0.25, 0.3) is 0 Å². The van der Waals surface area contributed by atoms with Crippen molar-refractivity contribution in [1.82, 2.24) is 10.2 Å². The molecule has 21 heavy (non-hydrogen) atoms. The van der Waals surface area contributed by atoms with Crippen LogP contribution in [0.4, 0.5) is 0 Å². The van der Waals surface area contributed by atoms with Crippen LogP contribution in [0.3, 0.4) is 0 Å². The third-order valence-corrected chi connectivity index (χ3v) is 5.84. The van der Waals surface area contributed by atoms with E-state index < -0.39 is 5.97 Å². The predicted molar refractivity (Wildman–Crippen MR) is 78.8 cm³/mol. The Labute approximate surface area is 126 Å². The van der Waals surface area contributed by atoms with Gasteiger partial charge < -0.3 is 15.3 Å². The third-order valence-electron chi connectivity index (χ3n) is 5.84. The Bertz CT molecular complexity index is 412. The molecule has 3 rings (SSSR count). The number of hydrogen-bond donors (Lipinski definition) is 2. The topological polar surface area (TPSA) is 69.6 Å². The van der Waals surface area contributed by atoms with Crippen molar-refractivity contribution in [2.45, 2.75) is 69.5 Å². The highest BCUT2D eigenvalue weighted by atomic mass is 16.4. The molecule has 0 radical (unpaired) electrons. The van der Waals surface area contributed by atoms with E-state index in [9.17, 15) is 9.59 Å². The highest BCUT2D eigenvalue weighted by Crippen LogP contribution is 2.34. The van der Waals surface area contributed by atoms with Gasteiger partial charge in [0.05, 0.1) is 5.92 Å². The van der Waals surface area contributed by atoms with Crippen LogP contribution in [0.2, 0.25) is 0 Å². The smallest absolute Gasteiger partial charge is 0.306 e. The summed E-state index contributed by atoms with van der Waals surface area (Å²) in [5.41, 5.74) is 0. The number of nitrogens with one attached hydrogen (secondary N) is 1. The first-order valence-electron chi connectivity index (χ1n) is 8.29. The lowest BCUT2D eigenvalue weighted by Crippen LogP contribution is -2.55. The molecule has 1 amide bonds. The van der Waals surface area contributed by atoms with Gasteiger partial charge in [-0.05, 0) is 52.0 Å². The highest BCUT2D eigenvalue weighted by molar-refractivity contribution is 5.81. The summed E-state index contributed by atoms with van der Waals surface area (Å²) in [4.78, 5) is 25.8. The number of carbonyl (C=O) groups is 2. The third kappa shape index (κ3) is 3.07. The first kappa shape index (κ1) is 14.8. The van der Waals surface area contributed by atoms with Gasteiger partial charge in [0, 0.05) is 24.0 Å². The standard InChI is InChI=1S/C16H26N2O3/c1-18-13-3-2-4-14(18)9-12(8-13)17-15(19)10-5-6-11(7-10)16(20)21/h10-14H,2-9H2,1H3,(H,17,19)(H,20,21)/t10-,11+,12?,13?,14?/m1/s1. The molecule has 2 bridgehead atoms. The van der Waals surface area contributed by atoms with Gasteiger partial charge in [0.15, 0.2) is 0 Å². The van der Waals surface area contributed by atoms with Gasteiger partial charge in [-0.1, -0.05) is 6.42 Å². The Morgan fingerprint density at radius 3 is 2.19 bits per heavy atom. The molecule has 2 aliphatic heterocycles. The second-order valence-corrected chi connectivity index (χ2v) is 7.13. The number of carboxylic acids is 1. The molecule has 4 atom stereocenters. The van der Waals surface area contributed by atoms with Crippen molar-refractivity contribution in [3.05, 3.63) is 0 Å². The Morgan fingerprint density at radius 1 is 1.00 bits per heavy atom. The Hall–Kier alpha value is -1.10. The maximum atomic E-state index is 12.4. The van der Waals surface area contributed by atoms with E-state index in [0.717, 1.165) is 19.3 Å². The largest absolute Gasteiger partial charge is 0.481 e. The Balaban J connectivity index is 1.53. The van der Waals surface area contributed by atoms with Crippen LogP contribution < -0.4 is 5.32 Å². The van der Waals surface area contributed by atoms with Crippen molar-refractivity contribution in [1.29, 1.82) is 0 Å². The number of aliphatic carboxylic acids is 1. The van der Waals surface area contributed by atoms with Crippen molar-refractivity contribution in [3.63, 3.8) is 0 Å². The van der Waals surface area contributed by atoms with Gasteiger partial charge in [-0.2, -0.15) is 0 Å². The van der Waals surface area contributed by atoms with Crippen LogP contribution in [0.5, 0.6) is 0 Å². The van der Waals surface area contributed by atoms with Crippen LogP contribution in [0.1, 0.15) is 51.4 Å². The Morgan fingerprint density at radius 2 is 1.62 bits per heavy atom. The van der Waals surface area contributed by atoms with E-state index in [4.69, 9.17) is 5.11 Å². The summed E-state index contributed by atoms with van der Waals surface area (Å²) < 4.78 is 0. The lowest BCUT2D eigenvalue weighted by Gasteiger charge is -2.47. The fourth-order valence-electron chi connectivity index (χ4n) is 4.50. The lowest BCUT2D eigenvalue weighted by atomic mass is 9.82. The second kappa shape index (κ2) is 5.95. The molecule has 0 aromatic heterocycles. The molecule has 0 spiro atoms. The Kier molecular flexibility index (Phi) is 4.20. The minimum atomic E-state index is -0.751. The zero-order chi connectivity index (χ0) is 15.0. The normalized spacial score (nSPS) is 40.0. The molecule has 3 aliphatic rings. The highest BCUT2D eigenvalue weighted by Gasteiger charge is 2.38. The van der Waals surface area contributed by atoms with Gasteiger partial charge in [0.2, 0.25) is 5.91 Å². The molecule has 2 heterocycles. The zero-order valence-corrected chi connectivity index (χ0v) is 12.8. The van der Waals surface area contributed by atoms with Crippen molar-refractivity contribution >= 4 is 11.9 Å². The summed E-state index contributed by atoms with van der Waals surface area (Å²) in [7, 11) is 2.21. The van der Waals surface area contributed by atoms with Gasteiger partial charge in [-0.15, -0.1) is 0 Å². The number of fused-ring (bicyclic) bond motifs is 2. The molecular formula is C16H26N2O3. The van der Waals surface area contributed by atoms with E-state index in [0.29, 0.717) is 24.9 Å². The average Bonchev–Trinajstić information content (AvgIpc) is 2.90. The zero-order valence-electron chi connectivity index (χ0n) is 12.8. The lowest BCUT2D eigenvalue weighted by molar-refractivity contribution is -0.141. The van der Waals surface area contributed by atoms with E-state index in [1.807, 2.05) is 0 Å². The monoisotopic (exact) mass is 294 g/mol. The SMILES string of the molecule is CN1C2CCCC1CC(NC(=O)[C@@H]1CC[C@H](C(=O)O)C1)C2. The molecule has 0 aromatic carbocycles. The molecule has 2 saturated heterocycles. The van der Waals surface area contributed by atoms with Crippen LogP contribution >= 0.6 is 0 Å². The molecule has 118 valence electrons. The maximum absolute atomic E-state index is 12.4. The van der Waals surface area contributed by atoms with Gasteiger partial charge >= 0.3 is 5.97 Å². The van der Waals surface area contributed by atoms with Crippen LogP contribution in [0.25, 0.3) is 0 Å². The first-order valence-corrected chi connectivity index (χ1v) is 8.29. The van der Waals surface area contributed by atoms with Gasteiger partial charge in [-0.25, -0.2) is 0 Å². The van der Waals surface area contributed by atoms with Crippen LogP contribution in [0, 0.1) is 11.8 Å². The second-order valence-electron chi connectivity index (χ2n) is 7.13. The minimum Gasteiger partial charge on any atom is -0.481 e. The van der Waals surface area contributed by atoms with Crippen LogP contribution in [-0.4, -0.2) is 47.1 Å². The molecule has 5 nitrogen and oxygen atoms in total. The fourth-order valence-corrected chi connectivity index (χ4v) is 4.50. The number of amides is 1. The van der Waals surface area contributed by atoms with E-state index >= 15 is 0 Å². The van der Waals surface area contributed by atoms with E-state index in [1.54, 1.807) is 0 Å². The van der Waals surface area contributed by atoms with E-state index in [1.165, 1.54) is 19.3 Å².